The highest BCUT2D eigenvalue weighted by molar-refractivity contribution is 7.89. The SMILES string of the molecule is C=C(C)CN(C)S(=O)(=O)c1ccc(N)c2ccccc12. The first-order valence-electron chi connectivity index (χ1n) is 6.22. The molecule has 5 heteroatoms. The van der Waals surface area contributed by atoms with Gasteiger partial charge in [-0.1, -0.05) is 36.4 Å². The summed E-state index contributed by atoms with van der Waals surface area (Å²) in [5.74, 6) is 0. The van der Waals surface area contributed by atoms with Crippen LogP contribution in [-0.2, 0) is 10.0 Å². The molecule has 0 aliphatic heterocycles. The van der Waals surface area contributed by atoms with Crippen molar-refractivity contribution in [1.29, 1.82) is 0 Å². The summed E-state index contributed by atoms with van der Waals surface area (Å²) in [4.78, 5) is 0.269. The van der Waals surface area contributed by atoms with Crippen LogP contribution < -0.4 is 5.73 Å². The van der Waals surface area contributed by atoms with E-state index in [-0.39, 0.29) is 4.90 Å². The van der Waals surface area contributed by atoms with Crippen LogP contribution >= 0.6 is 0 Å². The van der Waals surface area contributed by atoms with Gasteiger partial charge in [0.1, 0.15) is 0 Å². The zero-order valence-electron chi connectivity index (χ0n) is 11.6. The van der Waals surface area contributed by atoms with Gasteiger partial charge in [-0.25, -0.2) is 8.42 Å². The Hall–Kier alpha value is -1.85. The molecule has 20 heavy (non-hydrogen) atoms. The first-order chi connectivity index (χ1) is 9.34. The smallest absolute Gasteiger partial charge is 0.243 e. The number of sulfonamides is 1. The van der Waals surface area contributed by atoms with Gasteiger partial charge in [-0.05, 0) is 19.1 Å². The van der Waals surface area contributed by atoms with Crippen LogP contribution in [0.3, 0.4) is 0 Å². The molecule has 0 amide bonds. The molecule has 0 fully saturated rings. The molecule has 0 aromatic heterocycles. The Morgan fingerprint density at radius 3 is 2.40 bits per heavy atom. The predicted molar refractivity (Wildman–Crippen MR) is 83.0 cm³/mol. The van der Waals surface area contributed by atoms with Crippen LogP contribution in [0.4, 0.5) is 5.69 Å². The number of fused-ring (bicyclic) bond motifs is 1. The van der Waals surface area contributed by atoms with Crippen molar-refractivity contribution in [2.45, 2.75) is 11.8 Å². The van der Waals surface area contributed by atoms with Crippen molar-refractivity contribution in [3.63, 3.8) is 0 Å². The van der Waals surface area contributed by atoms with Gasteiger partial charge >= 0.3 is 0 Å². The lowest BCUT2D eigenvalue weighted by molar-refractivity contribution is 0.494. The van der Waals surface area contributed by atoms with Crippen molar-refractivity contribution < 1.29 is 8.42 Å². The van der Waals surface area contributed by atoms with Crippen molar-refractivity contribution in [3.05, 3.63) is 48.6 Å². The molecule has 2 aromatic carbocycles. The molecule has 0 heterocycles. The molecule has 4 nitrogen and oxygen atoms in total. The normalized spacial score (nSPS) is 11.9. The van der Waals surface area contributed by atoms with Gasteiger partial charge in [0.2, 0.25) is 10.0 Å². The number of rotatable bonds is 4. The summed E-state index contributed by atoms with van der Waals surface area (Å²) in [5.41, 5.74) is 7.26. The average Bonchev–Trinajstić information content (AvgIpc) is 2.38. The first-order valence-corrected chi connectivity index (χ1v) is 7.66. The monoisotopic (exact) mass is 290 g/mol. The van der Waals surface area contributed by atoms with Crippen LogP contribution in [0.5, 0.6) is 0 Å². The van der Waals surface area contributed by atoms with Crippen molar-refractivity contribution in [3.8, 4) is 0 Å². The van der Waals surface area contributed by atoms with Gasteiger partial charge in [-0.15, -0.1) is 0 Å². The quantitative estimate of drug-likeness (QED) is 0.695. The molecule has 0 saturated heterocycles. The summed E-state index contributed by atoms with van der Waals surface area (Å²) in [6.07, 6.45) is 0. The molecule has 0 saturated carbocycles. The van der Waals surface area contributed by atoms with Gasteiger partial charge in [0.05, 0.1) is 4.90 Å². The molecule has 0 aliphatic rings. The van der Waals surface area contributed by atoms with E-state index in [1.54, 1.807) is 38.2 Å². The largest absolute Gasteiger partial charge is 0.398 e. The molecule has 2 N–H and O–H groups in total. The van der Waals surface area contributed by atoms with Gasteiger partial charge in [0.15, 0.2) is 0 Å². The second-order valence-electron chi connectivity index (χ2n) is 4.92. The van der Waals surface area contributed by atoms with E-state index >= 15 is 0 Å². The molecular weight excluding hydrogens is 272 g/mol. The molecule has 106 valence electrons. The summed E-state index contributed by atoms with van der Waals surface area (Å²) in [5, 5.41) is 1.39. The second-order valence-corrected chi connectivity index (χ2v) is 6.93. The third-order valence-electron chi connectivity index (χ3n) is 3.10. The Bertz CT molecular complexity index is 767. The molecule has 0 bridgehead atoms. The summed E-state index contributed by atoms with van der Waals surface area (Å²) < 4.78 is 26.6. The van der Waals surface area contributed by atoms with Crippen LogP contribution in [-0.4, -0.2) is 26.3 Å². The van der Waals surface area contributed by atoms with E-state index < -0.39 is 10.0 Å². The van der Waals surface area contributed by atoms with E-state index in [1.165, 1.54) is 4.31 Å². The number of hydrogen-bond acceptors (Lipinski definition) is 3. The number of benzene rings is 2. The van der Waals surface area contributed by atoms with Crippen LogP contribution in [0.25, 0.3) is 10.8 Å². The van der Waals surface area contributed by atoms with Crippen molar-refractivity contribution >= 4 is 26.5 Å². The van der Waals surface area contributed by atoms with Crippen molar-refractivity contribution in [2.75, 3.05) is 19.3 Å². The van der Waals surface area contributed by atoms with Crippen LogP contribution in [0.15, 0.2) is 53.4 Å². The summed E-state index contributed by atoms with van der Waals surface area (Å²) in [7, 11) is -2.01. The lowest BCUT2D eigenvalue weighted by Gasteiger charge is -2.18. The van der Waals surface area contributed by atoms with Gasteiger partial charge in [0, 0.05) is 30.1 Å². The van der Waals surface area contributed by atoms with Gasteiger partial charge in [-0.3, -0.25) is 0 Å². The fourth-order valence-corrected chi connectivity index (χ4v) is 3.57. The maximum atomic E-state index is 12.6. The zero-order valence-corrected chi connectivity index (χ0v) is 12.4. The third-order valence-corrected chi connectivity index (χ3v) is 4.96. The molecule has 2 aromatic rings. The number of likely N-dealkylation sites (N-methyl/N-ethyl adjacent to an activating group) is 1. The van der Waals surface area contributed by atoms with Crippen LogP contribution in [0.2, 0.25) is 0 Å². The summed E-state index contributed by atoms with van der Waals surface area (Å²) in [6, 6.07) is 10.4. The second kappa shape index (κ2) is 5.26. The van der Waals surface area contributed by atoms with Crippen LogP contribution in [0.1, 0.15) is 6.92 Å². The first kappa shape index (κ1) is 14.6. The van der Waals surface area contributed by atoms with E-state index in [9.17, 15) is 8.42 Å². The van der Waals surface area contributed by atoms with Gasteiger partial charge < -0.3 is 5.73 Å². The summed E-state index contributed by atoms with van der Waals surface area (Å²) >= 11 is 0. The topological polar surface area (TPSA) is 63.4 Å². The van der Waals surface area contributed by atoms with Crippen molar-refractivity contribution in [1.82, 2.24) is 4.31 Å². The number of nitrogen functional groups attached to an aromatic ring is 1. The minimum atomic E-state index is -3.56. The predicted octanol–water partition coefficient (Wildman–Crippen LogP) is 2.62. The minimum absolute atomic E-state index is 0.269. The van der Waals surface area contributed by atoms with E-state index in [0.717, 1.165) is 11.0 Å². The number of anilines is 1. The fraction of sp³-hybridized carbons (Fsp3) is 0.200. The van der Waals surface area contributed by atoms with E-state index in [2.05, 4.69) is 6.58 Å². The van der Waals surface area contributed by atoms with Gasteiger partial charge in [0.25, 0.3) is 0 Å². The molecule has 0 unspecified atom stereocenters. The number of hydrogen-bond donors (Lipinski definition) is 1. The molecule has 0 aliphatic carbocycles. The maximum absolute atomic E-state index is 12.6. The molecule has 2 rings (SSSR count). The Morgan fingerprint density at radius 1 is 1.20 bits per heavy atom. The lowest BCUT2D eigenvalue weighted by Crippen LogP contribution is -2.28. The molecular formula is C15H18N2O2S. The van der Waals surface area contributed by atoms with E-state index in [1.807, 2.05) is 12.1 Å². The standard InChI is InChI=1S/C15H18N2O2S/c1-11(2)10-17(3)20(18,19)15-9-8-14(16)12-6-4-5-7-13(12)15/h4-9H,1,10,16H2,2-3H3. The Kier molecular flexibility index (Phi) is 3.83. The van der Waals surface area contributed by atoms with Gasteiger partial charge in [-0.2, -0.15) is 4.31 Å². The maximum Gasteiger partial charge on any atom is 0.243 e. The average molecular weight is 290 g/mol. The fourth-order valence-electron chi connectivity index (χ4n) is 2.15. The Labute approximate surface area is 119 Å². The third kappa shape index (κ3) is 2.55. The summed E-state index contributed by atoms with van der Waals surface area (Å²) in [6.45, 7) is 5.84. The van der Waals surface area contributed by atoms with E-state index in [0.29, 0.717) is 17.6 Å². The Balaban J connectivity index is 2.64. The van der Waals surface area contributed by atoms with Crippen molar-refractivity contribution in [2.24, 2.45) is 0 Å². The van der Waals surface area contributed by atoms with E-state index in [4.69, 9.17) is 5.73 Å². The molecule has 0 radical (unpaired) electrons. The van der Waals surface area contributed by atoms with Crippen LogP contribution in [0, 0.1) is 0 Å². The Morgan fingerprint density at radius 2 is 1.80 bits per heavy atom. The zero-order chi connectivity index (χ0) is 14.9. The molecule has 0 spiro atoms. The molecule has 0 atom stereocenters. The highest BCUT2D eigenvalue weighted by atomic mass is 32.2. The highest BCUT2D eigenvalue weighted by Crippen LogP contribution is 2.29. The highest BCUT2D eigenvalue weighted by Gasteiger charge is 2.23. The number of nitrogens with two attached hydrogens (primary N) is 1. The minimum Gasteiger partial charge on any atom is -0.398 e. The lowest BCUT2D eigenvalue weighted by atomic mass is 10.1. The number of nitrogens with zero attached hydrogens (tertiary/aromatic N) is 1.